The third kappa shape index (κ3) is 5.45. The second kappa shape index (κ2) is 10.3. The monoisotopic (exact) mass is 409 g/mol. The Hall–Kier alpha value is -2.08. The summed E-state index contributed by atoms with van der Waals surface area (Å²) in [5.41, 5.74) is 6.68. The lowest BCUT2D eigenvalue weighted by Crippen LogP contribution is -2.41. The van der Waals surface area contributed by atoms with Crippen LogP contribution in [-0.2, 0) is 4.79 Å². The molecule has 5 nitrogen and oxygen atoms in total. The summed E-state index contributed by atoms with van der Waals surface area (Å²) < 4.78 is 0. The van der Waals surface area contributed by atoms with Gasteiger partial charge in [0.15, 0.2) is 0 Å². The van der Waals surface area contributed by atoms with Crippen molar-refractivity contribution in [3.05, 3.63) is 59.1 Å². The van der Waals surface area contributed by atoms with Gasteiger partial charge in [-0.2, -0.15) is 0 Å². The maximum atomic E-state index is 12.7. The van der Waals surface area contributed by atoms with Crippen molar-refractivity contribution in [3.8, 4) is 0 Å². The van der Waals surface area contributed by atoms with Crippen molar-refractivity contribution in [2.45, 2.75) is 26.7 Å². The maximum Gasteiger partial charge on any atom is 0.257 e. The first kappa shape index (κ1) is 23.0. The number of para-hydroxylation sites is 1. The lowest BCUT2D eigenvalue weighted by atomic mass is 9.81. The third-order valence-electron chi connectivity index (χ3n) is 4.73. The molecule has 2 rings (SSSR count). The van der Waals surface area contributed by atoms with Crippen LogP contribution in [0.25, 0.3) is 0 Å². The Kier molecular flexibility index (Phi) is 8.76. The molecule has 0 heterocycles. The molecular formula is C20H25Cl2N3O2. The minimum absolute atomic E-state index is 0. The minimum Gasteiger partial charge on any atom is -0.329 e. The van der Waals surface area contributed by atoms with Gasteiger partial charge in [-0.3, -0.25) is 9.59 Å². The normalized spacial score (nSPS) is 10.7. The first-order valence-electron chi connectivity index (χ1n) is 8.63. The van der Waals surface area contributed by atoms with Crippen molar-refractivity contribution in [3.63, 3.8) is 0 Å². The van der Waals surface area contributed by atoms with Crippen molar-refractivity contribution in [2.24, 2.45) is 11.1 Å². The molecule has 2 amide bonds. The molecule has 2 aromatic rings. The number of carbonyl (C=O) groups excluding carboxylic acids is 2. The van der Waals surface area contributed by atoms with E-state index in [2.05, 4.69) is 10.6 Å². The fourth-order valence-electron chi connectivity index (χ4n) is 2.71. The molecule has 0 aliphatic carbocycles. The number of anilines is 2. The number of halogens is 2. The molecule has 0 spiro atoms. The number of hydrogen-bond acceptors (Lipinski definition) is 3. The molecule has 2 aromatic carbocycles. The first-order valence-corrected chi connectivity index (χ1v) is 9.01. The van der Waals surface area contributed by atoms with Gasteiger partial charge in [-0.1, -0.05) is 43.6 Å². The number of nitrogens with two attached hydrogens (primary N) is 1. The van der Waals surface area contributed by atoms with Crippen LogP contribution in [0, 0.1) is 5.41 Å². The van der Waals surface area contributed by atoms with E-state index in [-0.39, 0.29) is 30.8 Å². The molecule has 0 atom stereocenters. The number of rotatable bonds is 7. The van der Waals surface area contributed by atoms with Crippen molar-refractivity contribution < 1.29 is 9.59 Å². The Morgan fingerprint density at radius 2 is 1.63 bits per heavy atom. The van der Waals surface area contributed by atoms with Crippen LogP contribution >= 0.6 is 24.0 Å². The highest BCUT2D eigenvalue weighted by Crippen LogP contribution is 2.28. The van der Waals surface area contributed by atoms with Crippen LogP contribution in [0.1, 0.15) is 37.0 Å². The van der Waals surface area contributed by atoms with Crippen molar-refractivity contribution in [1.82, 2.24) is 0 Å². The predicted molar refractivity (Wildman–Crippen MR) is 114 cm³/mol. The fourth-order valence-corrected chi connectivity index (χ4v) is 2.92. The fraction of sp³-hybridized carbons (Fsp3) is 0.300. The average Bonchev–Trinajstić information content (AvgIpc) is 2.66. The summed E-state index contributed by atoms with van der Waals surface area (Å²) in [6.45, 7) is 4.15. The summed E-state index contributed by atoms with van der Waals surface area (Å²) in [6.07, 6.45) is 1.28. The standard InChI is InChI=1S/C20H24ClN3O2.ClH/c1-3-20(4-2,13-22)19(26)24-15-10-11-17(21)16(12-15)18(25)23-14-8-6-5-7-9-14;/h5-12H,3-4,13,22H2,1-2H3,(H,23,25)(H,24,26);1H. The summed E-state index contributed by atoms with van der Waals surface area (Å²) in [4.78, 5) is 25.2. The quantitative estimate of drug-likeness (QED) is 0.618. The summed E-state index contributed by atoms with van der Waals surface area (Å²) in [5, 5.41) is 5.96. The topological polar surface area (TPSA) is 84.2 Å². The highest BCUT2D eigenvalue weighted by atomic mass is 35.5. The summed E-state index contributed by atoms with van der Waals surface area (Å²) in [7, 11) is 0. The Labute approximate surface area is 171 Å². The smallest absolute Gasteiger partial charge is 0.257 e. The van der Waals surface area contributed by atoms with Gasteiger partial charge >= 0.3 is 0 Å². The molecule has 0 saturated heterocycles. The predicted octanol–water partition coefficient (Wildman–Crippen LogP) is 4.72. The molecule has 0 aliphatic rings. The van der Waals surface area contributed by atoms with Crippen LogP contribution in [0.4, 0.5) is 11.4 Å². The zero-order valence-corrected chi connectivity index (χ0v) is 17.0. The van der Waals surface area contributed by atoms with Crippen molar-refractivity contribution in [1.29, 1.82) is 0 Å². The Balaban J connectivity index is 0.00000364. The highest BCUT2D eigenvalue weighted by molar-refractivity contribution is 6.34. The summed E-state index contributed by atoms with van der Waals surface area (Å²) in [5.74, 6) is -0.491. The average molecular weight is 410 g/mol. The van der Waals surface area contributed by atoms with Gasteiger partial charge in [0, 0.05) is 17.9 Å². The first-order chi connectivity index (χ1) is 12.5. The van der Waals surface area contributed by atoms with Crippen molar-refractivity contribution in [2.75, 3.05) is 17.2 Å². The molecule has 0 aromatic heterocycles. The Morgan fingerprint density at radius 1 is 1.00 bits per heavy atom. The van der Waals surface area contributed by atoms with Crippen LogP contribution in [0.15, 0.2) is 48.5 Å². The molecule has 0 fully saturated rings. The molecular weight excluding hydrogens is 385 g/mol. The van der Waals surface area contributed by atoms with Crippen LogP contribution in [0.3, 0.4) is 0 Å². The van der Waals surface area contributed by atoms with Gasteiger partial charge in [-0.15, -0.1) is 12.4 Å². The lowest BCUT2D eigenvalue weighted by molar-refractivity contribution is -0.125. The SMILES string of the molecule is CCC(CC)(CN)C(=O)Nc1ccc(Cl)c(C(=O)Nc2ccccc2)c1.Cl. The van der Waals surface area contributed by atoms with Gasteiger partial charge in [0.25, 0.3) is 5.91 Å². The van der Waals surface area contributed by atoms with Gasteiger partial charge in [0.1, 0.15) is 0 Å². The third-order valence-corrected chi connectivity index (χ3v) is 5.06. The van der Waals surface area contributed by atoms with E-state index in [1.807, 2.05) is 32.0 Å². The van der Waals surface area contributed by atoms with E-state index in [1.165, 1.54) is 0 Å². The lowest BCUT2D eigenvalue weighted by Gasteiger charge is -2.28. The molecule has 0 bridgehead atoms. The highest BCUT2D eigenvalue weighted by Gasteiger charge is 2.33. The Morgan fingerprint density at radius 3 is 2.19 bits per heavy atom. The zero-order valence-electron chi connectivity index (χ0n) is 15.4. The number of amides is 2. The van der Waals surface area contributed by atoms with E-state index in [4.69, 9.17) is 17.3 Å². The van der Waals surface area contributed by atoms with Crippen LogP contribution in [0.5, 0.6) is 0 Å². The van der Waals surface area contributed by atoms with Crippen LogP contribution in [-0.4, -0.2) is 18.4 Å². The molecule has 27 heavy (non-hydrogen) atoms. The second-order valence-corrected chi connectivity index (χ2v) is 6.57. The largest absolute Gasteiger partial charge is 0.329 e. The number of hydrogen-bond donors (Lipinski definition) is 3. The van der Waals surface area contributed by atoms with Crippen LogP contribution < -0.4 is 16.4 Å². The van der Waals surface area contributed by atoms with E-state index >= 15 is 0 Å². The minimum atomic E-state index is -0.619. The zero-order chi connectivity index (χ0) is 19.2. The molecule has 7 heteroatoms. The Bertz CT molecular complexity index is 770. The van der Waals surface area contributed by atoms with Gasteiger partial charge in [0.2, 0.25) is 5.91 Å². The summed E-state index contributed by atoms with van der Waals surface area (Å²) in [6, 6.07) is 13.9. The van der Waals surface area contributed by atoms with Gasteiger partial charge < -0.3 is 16.4 Å². The van der Waals surface area contributed by atoms with E-state index in [0.29, 0.717) is 34.8 Å². The molecule has 0 aliphatic heterocycles. The molecule has 0 radical (unpaired) electrons. The second-order valence-electron chi connectivity index (χ2n) is 6.16. The van der Waals surface area contributed by atoms with E-state index < -0.39 is 5.41 Å². The number of carbonyl (C=O) groups is 2. The van der Waals surface area contributed by atoms with Gasteiger partial charge in [-0.05, 0) is 43.2 Å². The van der Waals surface area contributed by atoms with E-state index in [9.17, 15) is 9.59 Å². The van der Waals surface area contributed by atoms with Gasteiger partial charge in [0.05, 0.1) is 16.0 Å². The number of nitrogens with one attached hydrogen (secondary N) is 2. The van der Waals surface area contributed by atoms with Crippen LogP contribution in [0.2, 0.25) is 5.02 Å². The van der Waals surface area contributed by atoms with E-state index in [0.717, 1.165) is 0 Å². The molecule has 4 N–H and O–H groups in total. The summed E-state index contributed by atoms with van der Waals surface area (Å²) >= 11 is 6.17. The number of benzene rings is 2. The van der Waals surface area contributed by atoms with Crippen molar-refractivity contribution >= 4 is 47.2 Å². The molecule has 0 unspecified atom stereocenters. The molecule has 146 valence electrons. The molecule has 0 saturated carbocycles. The van der Waals surface area contributed by atoms with E-state index in [1.54, 1.807) is 30.3 Å². The maximum absolute atomic E-state index is 12.7. The van der Waals surface area contributed by atoms with Gasteiger partial charge in [-0.25, -0.2) is 0 Å².